The van der Waals surface area contributed by atoms with Crippen LogP contribution in [0.15, 0.2) is 73.1 Å². The average molecular weight is 379 g/mol. The van der Waals surface area contributed by atoms with Crippen molar-refractivity contribution in [3.05, 3.63) is 89.7 Å². The van der Waals surface area contributed by atoms with Crippen LogP contribution in [0.4, 0.5) is 16.2 Å². The Morgan fingerprint density at radius 1 is 0.963 bits per heavy atom. The third-order valence-corrected chi connectivity index (χ3v) is 4.86. The topological polar surface area (TPSA) is 66.0 Å². The fourth-order valence-corrected chi connectivity index (χ4v) is 3.30. The zero-order chi connectivity index (χ0) is 18.9. The molecule has 0 bridgehead atoms. The summed E-state index contributed by atoms with van der Waals surface area (Å²) in [4.78, 5) is 15.9. The molecule has 2 aromatic carbocycles. The van der Waals surface area contributed by atoms with Crippen LogP contribution < -0.4 is 15.4 Å². The Bertz CT molecular complexity index is 869. The highest BCUT2D eigenvalue weighted by Gasteiger charge is 2.02. The van der Waals surface area contributed by atoms with Crippen LogP contribution in [-0.2, 0) is 12.3 Å². The molecule has 0 unspecified atom stereocenters. The van der Waals surface area contributed by atoms with Crippen molar-refractivity contribution in [2.75, 3.05) is 10.0 Å². The van der Waals surface area contributed by atoms with E-state index in [1.165, 1.54) is 11.1 Å². The minimum atomic E-state index is -0.235. The summed E-state index contributed by atoms with van der Waals surface area (Å²) in [5.41, 5.74) is 5.36. The van der Waals surface area contributed by atoms with Gasteiger partial charge in [0.1, 0.15) is 0 Å². The van der Waals surface area contributed by atoms with Gasteiger partial charge in [-0.2, -0.15) is 0 Å². The van der Waals surface area contributed by atoms with Gasteiger partial charge in [0.2, 0.25) is 0 Å². The molecule has 3 aromatic rings. The molecule has 3 rings (SSSR count). The van der Waals surface area contributed by atoms with Crippen molar-refractivity contribution in [3.8, 4) is 0 Å². The van der Waals surface area contributed by atoms with Gasteiger partial charge in [0.25, 0.3) is 0 Å². The first-order chi connectivity index (χ1) is 13.2. The normalized spacial score (nSPS) is 10.3. The SMILES string of the molecule is Cc1ccccc1CSNc1ccc(NC(=O)NCc2ccncc2)cc1. The lowest BCUT2D eigenvalue weighted by Gasteiger charge is -2.10. The van der Waals surface area contributed by atoms with Gasteiger partial charge in [0.05, 0.1) is 0 Å². The van der Waals surface area contributed by atoms with Gasteiger partial charge >= 0.3 is 6.03 Å². The summed E-state index contributed by atoms with van der Waals surface area (Å²) in [7, 11) is 0. The van der Waals surface area contributed by atoms with Gasteiger partial charge in [-0.1, -0.05) is 24.3 Å². The second kappa shape index (κ2) is 9.64. The van der Waals surface area contributed by atoms with Gasteiger partial charge in [-0.3, -0.25) is 4.98 Å². The maximum Gasteiger partial charge on any atom is 0.319 e. The number of benzene rings is 2. The summed E-state index contributed by atoms with van der Waals surface area (Å²) in [6, 6.07) is 19.5. The lowest BCUT2D eigenvalue weighted by molar-refractivity contribution is 0.251. The lowest BCUT2D eigenvalue weighted by Crippen LogP contribution is -2.28. The number of aryl methyl sites for hydroxylation is 1. The maximum atomic E-state index is 12.0. The molecular weight excluding hydrogens is 356 g/mol. The van der Waals surface area contributed by atoms with Gasteiger partial charge in [-0.05, 0) is 72.0 Å². The zero-order valence-electron chi connectivity index (χ0n) is 15.1. The van der Waals surface area contributed by atoms with E-state index in [0.29, 0.717) is 6.54 Å². The molecule has 6 heteroatoms. The van der Waals surface area contributed by atoms with E-state index in [0.717, 1.165) is 22.7 Å². The van der Waals surface area contributed by atoms with Gasteiger partial charge in [-0.15, -0.1) is 0 Å². The summed E-state index contributed by atoms with van der Waals surface area (Å²) in [6.07, 6.45) is 3.41. The number of aromatic nitrogens is 1. The molecule has 3 N–H and O–H groups in total. The average Bonchev–Trinajstić information content (AvgIpc) is 2.70. The molecule has 1 aromatic heterocycles. The Labute approximate surface area is 163 Å². The summed E-state index contributed by atoms with van der Waals surface area (Å²) in [5.74, 6) is 0.893. The van der Waals surface area contributed by atoms with Crippen molar-refractivity contribution >= 4 is 29.4 Å². The van der Waals surface area contributed by atoms with E-state index in [4.69, 9.17) is 0 Å². The predicted octanol–water partition coefficient (Wildman–Crippen LogP) is 4.97. The van der Waals surface area contributed by atoms with E-state index in [1.54, 1.807) is 24.3 Å². The van der Waals surface area contributed by atoms with Crippen molar-refractivity contribution in [3.63, 3.8) is 0 Å². The number of hydrogen-bond acceptors (Lipinski definition) is 4. The molecule has 27 heavy (non-hydrogen) atoms. The number of rotatable bonds is 7. The Morgan fingerprint density at radius 2 is 1.67 bits per heavy atom. The number of nitrogens with one attached hydrogen (secondary N) is 3. The van der Waals surface area contributed by atoms with Crippen LogP contribution in [0.3, 0.4) is 0 Å². The lowest BCUT2D eigenvalue weighted by atomic mass is 10.1. The van der Waals surface area contributed by atoms with Crippen molar-refractivity contribution in [2.45, 2.75) is 19.2 Å². The van der Waals surface area contributed by atoms with E-state index in [9.17, 15) is 4.79 Å². The molecule has 0 aliphatic rings. The number of carbonyl (C=O) groups is 1. The van der Waals surface area contributed by atoms with E-state index < -0.39 is 0 Å². The molecule has 0 atom stereocenters. The highest BCUT2D eigenvalue weighted by molar-refractivity contribution is 7.99. The Hall–Kier alpha value is -2.99. The number of nitrogens with zero attached hydrogens (tertiary/aromatic N) is 1. The molecule has 2 amide bonds. The molecule has 0 radical (unpaired) electrons. The molecule has 1 heterocycles. The first-order valence-electron chi connectivity index (χ1n) is 8.67. The van der Waals surface area contributed by atoms with E-state index in [2.05, 4.69) is 51.5 Å². The molecule has 0 spiro atoms. The van der Waals surface area contributed by atoms with Crippen molar-refractivity contribution < 1.29 is 4.79 Å². The number of amides is 2. The van der Waals surface area contributed by atoms with Crippen LogP contribution in [0.25, 0.3) is 0 Å². The number of carbonyl (C=O) groups excluding carboxylic acids is 1. The summed E-state index contributed by atoms with van der Waals surface area (Å²) in [6.45, 7) is 2.58. The minimum Gasteiger partial charge on any atom is -0.334 e. The predicted molar refractivity (Wildman–Crippen MR) is 113 cm³/mol. The number of hydrogen-bond donors (Lipinski definition) is 3. The molecule has 0 saturated heterocycles. The van der Waals surface area contributed by atoms with Crippen molar-refractivity contribution in [1.29, 1.82) is 0 Å². The van der Waals surface area contributed by atoms with Crippen molar-refractivity contribution in [2.24, 2.45) is 0 Å². The van der Waals surface area contributed by atoms with Crippen LogP contribution in [0, 0.1) is 6.92 Å². The van der Waals surface area contributed by atoms with Crippen LogP contribution in [0.2, 0.25) is 0 Å². The quantitative estimate of drug-likeness (QED) is 0.508. The fourth-order valence-electron chi connectivity index (χ4n) is 2.45. The molecule has 0 saturated carbocycles. The number of pyridine rings is 1. The smallest absolute Gasteiger partial charge is 0.319 e. The Kier molecular flexibility index (Phi) is 6.71. The van der Waals surface area contributed by atoms with Gasteiger partial charge in [-0.25, -0.2) is 4.79 Å². The summed E-state index contributed by atoms with van der Waals surface area (Å²) in [5, 5.41) is 5.65. The summed E-state index contributed by atoms with van der Waals surface area (Å²) < 4.78 is 3.33. The molecule has 0 fully saturated rings. The van der Waals surface area contributed by atoms with E-state index in [1.807, 2.05) is 36.4 Å². The minimum absolute atomic E-state index is 0.235. The molecule has 138 valence electrons. The zero-order valence-corrected chi connectivity index (χ0v) is 15.9. The van der Waals surface area contributed by atoms with Gasteiger partial charge in [0.15, 0.2) is 0 Å². The van der Waals surface area contributed by atoms with Crippen LogP contribution in [0.5, 0.6) is 0 Å². The van der Waals surface area contributed by atoms with Crippen LogP contribution in [0.1, 0.15) is 16.7 Å². The highest BCUT2D eigenvalue weighted by Crippen LogP contribution is 2.20. The monoisotopic (exact) mass is 378 g/mol. The molecule has 5 nitrogen and oxygen atoms in total. The first kappa shape index (κ1) is 18.8. The largest absolute Gasteiger partial charge is 0.334 e. The molecule has 0 aliphatic carbocycles. The second-order valence-corrected chi connectivity index (χ2v) is 6.84. The Balaban J connectivity index is 1.43. The number of anilines is 2. The van der Waals surface area contributed by atoms with Crippen LogP contribution >= 0.6 is 11.9 Å². The standard InChI is InChI=1S/C21H22N4OS/c1-16-4-2-3-5-18(16)15-27-25-20-8-6-19(7-9-20)24-21(26)23-14-17-10-12-22-13-11-17/h2-13,25H,14-15H2,1H3,(H2,23,24,26). The molecule has 0 aliphatic heterocycles. The highest BCUT2D eigenvalue weighted by atomic mass is 32.2. The van der Waals surface area contributed by atoms with Gasteiger partial charge in [0, 0.05) is 36.1 Å². The van der Waals surface area contributed by atoms with Crippen molar-refractivity contribution in [1.82, 2.24) is 10.3 Å². The molecular formula is C21H22N4OS. The second-order valence-electron chi connectivity index (χ2n) is 6.06. The van der Waals surface area contributed by atoms with E-state index in [-0.39, 0.29) is 6.03 Å². The summed E-state index contributed by atoms with van der Waals surface area (Å²) >= 11 is 1.64. The van der Waals surface area contributed by atoms with E-state index >= 15 is 0 Å². The maximum absolute atomic E-state index is 12.0. The first-order valence-corrected chi connectivity index (χ1v) is 9.65. The van der Waals surface area contributed by atoms with Crippen LogP contribution in [-0.4, -0.2) is 11.0 Å². The number of urea groups is 1. The third kappa shape index (κ3) is 6.04. The third-order valence-electron chi connectivity index (χ3n) is 4.02. The Morgan fingerprint density at radius 3 is 2.41 bits per heavy atom. The fraction of sp³-hybridized carbons (Fsp3) is 0.143. The van der Waals surface area contributed by atoms with Gasteiger partial charge < -0.3 is 15.4 Å².